The van der Waals surface area contributed by atoms with E-state index in [0.717, 1.165) is 23.3 Å². The van der Waals surface area contributed by atoms with Gasteiger partial charge in [-0.25, -0.2) is 8.42 Å². The van der Waals surface area contributed by atoms with Crippen molar-refractivity contribution in [2.75, 3.05) is 26.2 Å². The SMILES string of the molecule is CC1CN(S(=O)(=O)c2ccc(Br)s2)CCN1CCc1ccccc1. The monoisotopic (exact) mass is 428 g/mol. The number of hydrogen-bond acceptors (Lipinski definition) is 4. The lowest BCUT2D eigenvalue weighted by atomic mass is 10.1. The molecule has 1 atom stereocenters. The average Bonchev–Trinajstić information content (AvgIpc) is 3.02. The third kappa shape index (κ3) is 4.08. The first-order valence-corrected chi connectivity index (χ1v) is 11.1. The van der Waals surface area contributed by atoms with Crippen LogP contribution in [0.15, 0.2) is 50.5 Å². The fourth-order valence-corrected chi connectivity index (χ4v) is 6.67. The van der Waals surface area contributed by atoms with Crippen molar-refractivity contribution in [3.63, 3.8) is 0 Å². The third-order valence-electron chi connectivity index (χ3n) is 4.40. The third-order valence-corrected chi connectivity index (χ3v) is 8.36. The van der Waals surface area contributed by atoms with Crippen molar-refractivity contribution in [3.8, 4) is 0 Å². The van der Waals surface area contributed by atoms with Crippen LogP contribution in [0.4, 0.5) is 0 Å². The minimum Gasteiger partial charge on any atom is -0.298 e. The van der Waals surface area contributed by atoms with Crippen LogP contribution < -0.4 is 0 Å². The number of thiophene rings is 1. The van der Waals surface area contributed by atoms with Crippen LogP contribution in [-0.4, -0.2) is 49.8 Å². The molecule has 7 heteroatoms. The molecule has 0 spiro atoms. The second kappa shape index (κ2) is 7.66. The molecule has 1 aromatic carbocycles. The van der Waals surface area contributed by atoms with E-state index in [1.54, 1.807) is 16.4 Å². The Bertz CT molecular complexity index is 777. The highest BCUT2D eigenvalue weighted by molar-refractivity contribution is 9.11. The second-order valence-electron chi connectivity index (χ2n) is 6.04. The molecule has 2 aromatic rings. The van der Waals surface area contributed by atoms with E-state index in [1.165, 1.54) is 16.9 Å². The van der Waals surface area contributed by atoms with Crippen LogP contribution in [0, 0.1) is 0 Å². The highest BCUT2D eigenvalue weighted by atomic mass is 79.9. The Hall–Kier alpha value is -0.730. The van der Waals surface area contributed by atoms with Gasteiger partial charge in [-0.1, -0.05) is 30.3 Å². The van der Waals surface area contributed by atoms with Crippen molar-refractivity contribution in [1.82, 2.24) is 9.21 Å². The van der Waals surface area contributed by atoms with Gasteiger partial charge in [0.1, 0.15) is 4.21 Å². The van der Waals surface area contributed by atoms with Crippen LogP contribution in [0.3, 0.4) is 0 Å². The molecule has 1 fully saturated rings. The van der Waals surface area contributed by atoms with E-state index >= 15 is 0 Å². The summed E-state index contributed by atoms with van der Waals surface area (Å²) in [5, 5.41) is 0. The molecule has 0 bridgehead atoms. The summed E-state index contributed by atoms with van der Waals surface area (Å²) in [6.07, 6.45) is 0.996. The molecule has 1 aliphatic rings. The maximum absolute atomic E-state index is 12.7. The van der Waals surface area contributed by atoms with Crippen molar-refractivity contribution in [3.05, 3.63) is 51.8 Å². The summed E-state index contributed by atoms with van der Waals surface area (Å²) in [4.78, 5) is 2.38. The molecule has 3 rings (SSSR count). The fourth-order valence-electron chi connectivity index (χ4n) is 2.99. The fraction of sp³-hybridized carbons (Fsp3) is 0.412. The summed E-state index contributed by atoms with van der Waals surface area (Å²) in [5.41, 5.74) is 1.32. The first-order valence-electron chi connectivity index (χ1n) is 8.00. The molecule has 0 saturated carbocycles. The van der Waals surface area contributed by atoms with Gasteiger partial charge in [0.25, 0.3) is 10.0 Å². The molecular formula is C17H21BrN2O2S2. The number of hydrogen-bond donors (Lipinski definition) is 0. The smallest absolute Gasteiger partial charge is 0.252 e. The van der Waals surface area contributed by atoms with Gasteiger partial charge in [-0.05, 0) is 47.0 Å². The van der Waals surface area contributed by atoms with Crippen LogP contribution in [0.2, 0.25) is 0 Å². The number of rotatable bonds is 5. The molecule has 0 aliphatic carbocycles. The lowest BCUT2D eigenvalue weighted by Gasteiger charge is -2.39. The highest BCUT2D eigenvalue weighted by Gasteiger charge is 2.32. The number of nitrogens with zero attached hydrogens (tertiary/aromatic N) is 2. The molecule has 1 aromatic heterocycles. The second-order valence-corrected chi connectivity index (χ2v) is 10.7. The Morgan fingerprint density at radius 3 is 2.54 bits per heavy atom. The van der Waals surface area contributed by atoms with Crippen LogP contribution >= 0.6 is 27.3 Å². The van der Waals surface area contributed by atoms with Gasteiger partial charge in [-0.2, -0.15) is 4.31 Å². The van der Waals surface area contributed by atoms with Crippen LogP contribution in [0.1, 0.15) is 12.5 Å². The minimum absolute atomic E-state index is 0.223. The molecule has 2 heterocycles. The topological polar surface area (TPSA) is 40.6 Å². The zero-order valence-corrected chi connectivity index (χ0v) is 16.8. The van der Waals surface area contributed by atoms with Gasteiger partial charge < -0.3 is 0 Å². The minimum atomic E-state index is -3.37. The Morgan fingerprint density at radius 1 is 1.17 bits per heavy atom. The van der Waals surface area contributed by atoms with Gasteiger partial charge in [0.15, 0.2) is 0 Å². The number of sulfonamides is 1. The standard InChI is InChI=1S/C17H21BrN2O2S2/c1-14-13-20(24(21,22)17-8-7-16(18)23-17)12-11-19(14)10-9-15-5-3-2-4-6-15/h2-8,14H,9-13H2,1H3. The molecule has 4 nitrogen and oxygen atoms in total. The number of halogens is 1. The quantitative estimate of drug-likeness (QED) is 0.731. The zero-order valence-electron chi connectivity index (χ0n) is 13.6. The summed E-state index contributed by atoms with van der Waals surface area (Å²) >= 11 is 4.61. The Kier molecular flexibility index (Phi) is 5.77. The maximum Gasteiger partial charge on any atom is 0.252 e. The zero-order chi connectivity index (χ0) is 17.2. The van der Waals surface area contributed by atoms with E-state index in [-0.39, 0.29) is 6.04 Å². The predicted molar refractivity (Wildman–Crippen MR) is 102 cm³/mol. The maximum atomic E-state index is 12.7. The van der Waals surface area contributed by atoms with Crippen molar-refractivity contribution >= 4 is 37.3 Å². The first kappa shape index (κ1) is 18.1. The molecule has 1 unspecified atom stereocenters. The van der Waals surface area contributed by atoms with Gasteiger partial charge in [0.2, 0.25) is 0 Å². The summed E-state index contributed by atoms with van der Waals surface area (Å²) in [6, 6.07) is 14.1. The molecule has 0 amide bonds. The van der Waals surface area contributed by atoms with Crippen LogP contribution in [-0.2, 0) is 16.4 Å². The van der Waals surface area contributed by atoms with E-state index in [1.807, 2.05) is 6.07 Å². The van der Waals surface area contributed by atoms with Gasteiger partial charge in [-0.15, -0.1) is 11.3 Å². The normalized spacial score (nSPS) is 20.3. The Labute approximate surface area is 156 Å². The highest BCUT2D eigenvalue weighted by Crippen LogP contribution is 2.29. The van der Waals surface area contributed by atoms with E-state index in [2.05, 4.69) is 52.0 Å². The van der Waals surface area contributed by atoms with Crippen molar-refractivity contribution in [1.29, 1.82) is 0 Å². The van der Waals surface area contributed by atoms with Gasteiger partial charge >= 0.3 is 0 Å². The lowest BCUT2D eigenvalue weighted by Crippen LogP contribution is -2.53. The summed E-state index contributed by atoms with van der Waals surface area (Å²) in [5.74, 6) is 0. The van der Waals surface area contributed by atoms with Gasteiger partial charge in [-0.3, -0.25) is 4.90 Å². The molecule has 0 N–H and O–H groups in total. The largest absolute Gasteiger partial charge is 0.298 e. The number of benzene rings is 1. The van der Waals surface area contributed by atoms with E-state index < -0.39 is 10.0 Å². The summed E-state index contributed by atoms with van der Waals surface area (Å²) in [6.45, 7) is 4.95. The Morgan fingerprint density at radius 2 is 1.92 bits per heavy atom. The summed E-state index contributed by atoms with van der Waals surface area (Å²) in [7, 11) is -3.37. The molecule has 130 valence electrons. The van der Waals surface area contributed by atoms with Crippen LogP contribution in [0.5, 0.6) is 0 Å². The molecule has 1 aliphatic heterocycles. The van der Waals surface area contributed by atoms with Crippen molar-refractivity contribution < 1.29 is 8.42 Å². The van der Waals surface area contributed by atoms with E-state index in [0.29, 0.717) is 17.3 Å². The average molecular weight is 429 g/mol. The van der Waals surface area contributed by atoms with Gasteiger partial charge in [0.05, 0.1) is 3.79 Å². The summed E-state index contributed by atoms with van der Waals surface area (Å²) < 4.78 is 28.3. The number of piperazine rings is 1. The molecule has 1 saturated heterocycles. The predicted octanol–water partition coefficient (Wildman–Crippen LogP) is 3.45. The van der Waals surface area contributed by atoms with E-state index in [4.69, 9.17) is 0 Å². The van der Waals surface area contributed by atoms with Crippen LogP contribution in [0.25, 0.3) is 0 Å². The van der Waals surface area contributed by atoms with Crippen molar-refractivity contribution in [2.45, 2.75) is 23.6 Å². The lowest BCUT2D eigenvalue weighted by molar-refractivity contribution is 0.130. The molecular weight excluding hydrogens is 408 g/mol. The molecule has 0 radical (unpaired) electrons. The van der Waals surface area contributed by atoms with E-state index in [9.17, 15) is 8.42 Å². The van der Waals surface area contributed by atoms with Crippen molar-refractivity contribution in [2.24, 2.45) is 0 Å². The van der Waals surface area contributed by atoms with Gasteiger partial charge in [0, 0.05) is 32.2 Å². The molecule has 24 heavy (non-hydrogen) atoms. The first-order chi connectivity index (χ1) is 11.5. The Balaban J connectivity index is 1.61.